The minimum atomic E-state index is -0.945. The minimum Gasteiger partial charge on any atom is -0.477 e. The molecule has 1 N–H and O–H groups in total. The molecule has 0 aliphatic carbocycles. The molecule has 0 unspecified atom stereocenters. The fourth-order valence-electron chi connectivity index (χ4n) is 2.49. The van der Waals surface area contributed by atoms with Crippen LogP contribution in [-0.2, 0) is 13.0 Å². The van der Waals surface area contributed by atoms with Crippen molar-refractivity contribution in [3.8, 4) is 0 Å². The Bertz CT molecular complexity index is 705. The molecule has 0 fully saturated rings. The summed E-state index contributed by atoms with van der Waals surface area (Å²) in [6.45, 7) is 0.504. The maximum Gasteiger partial charge on any atom is 0.354 e. The summed E-state index contributed by atoms with van der Waals surface area (Å²) in [6.07, 6.45) is 2.12. The first-order valence-electron chi connectivity index (χ1n) is 7.09. The number of carboxylic acids is 1. The molecule has 0 saturated carbocycles. The van der Waals surface area contributed by atoms with Crippen LogP contribution < -0.4 is 0 Å². The number of nitrogens with zero attached hydrogens (tertiary/aromatic N) is 2. The van der Waals surface area contributed by atoms with Crippen LogP contribution in [0.3, 0.4) is 0 Å². The Hall–Kier alpha value is -2.88. The Morgan fingerprint density at radius 1 is 0.955 bits per heavy atom. The zero-order chi connectivity index (χ0) is 15.4. The van der Waals surface area contributed by atoms with Gasteiger partial charge >= 0.3 is 5.97 Å². The first kappa shape index (κ1) is 14.1. The van der Waals surface area contributed by atoms with Gasteiger partial charge in [0.25, 0.3) is 0 Å². The quantitative estimate of drug-likeness (QED) is 0.785. The Balaban J connectivity index is 1.90. The number of benzene rings is 2. The van der Waals surface area contributed by atoms with Gasteiger partial charge in [0.1, 0.15) is 0 Å². The van der Waals surface area contributed by atoms with Gasteiger partial charge in [-0.3, -0.25) is 0 Å². The van der Waals surface area contributed by atoms with Crippen molar-refractivity contribution in [2.24, 2.45) is 0 Å². The number of imidazole rings is 1. The SMILES string of the molecule is O=C(O)c1c(Cc2ccccc2)ncn1Cc1ccccc1. The minimum absolute atomic E-state index is 0.257. The van der Waals surface area contributed by atoms with Crippen LogP contribution in [0.1, 0.15) is 27.3 Å². The molecule has 1 heterocycles. The molecule has 0 aliphatic heterocycles. The van der Waals surface area contributed by atoms with E-state index in [1.807, 2.05) is 60.7 Å². The fraction of sp³-hybridized carbons (Fsp3) is 0.111. The van der Waals surface area contributed by atoms with Crippen LogP contribution in [0.4, 0.5) is 0 Å². The predicted octanol–water partition coefficient (Wildman–Crippen LogP) is 3.22. The lowest BCUT2D eigenvalue weighted by atomic mass is 10.1. The first-order chi connectivity index (χ1) is 10.7. The molecule has 0 aliphatic rings. The maximum absolute atomic E-state index is 11.6. The van der Waals surface area contributed by atoms with Crippen molar-refractivity contribution < 1.29 is 9.90 Å². The largest absolute Gasteiger partial charge is 0.477 e. The standard InChI is InChI=1S/C18H16N2O2/c21-18(22)17-16(11-14-7-3-1-4-8-14)19-13-20(17)12-15-9-5-2-6-10-15/h1-10,13H,11-12H2,(H,21,22). The van der Waals surface area contributed by atoms with Gasteiger partial charge < -0.3 is 9.67 Å². The molecular formula is C18H16N2O2. The summed E-state index contributed by atoms with van der Waals surface area (Å²) in [7, 11) is 0. The van der Waals surface area contributed by atoms with E-state index in [-0.39, 0.29) is 5.69 Å². The second-order valence-corrected chi connectivity index (χ2v) is 5.12. The van der Waals surface area contributed by atoms with Crippen molar-refractivity contribution >= 4 is 5.97 Å². The first-order valence-corrected chi connectivity index (χ1v) is 7.09. The van der Waals surface area contributed by atoms with Crippen molar-refractivity contribution in [3.05, 3.63) is 89.5 Å². The van der Waals surface area contributed by atoms with Gasteiger partial charge in [0.2, 0.25) is 0 Å². The third kappa shape index (κ3) is 3.06. The highest BCUT2D eigenvalue weighted by molar-refractivity contribution is 5.87. The molecule has 0 radical (unpaired) electrons. The topological polar surface area (TPSA) is 55.1 Å². The monoisotopic (exact) mass is 292 g/mol. The van der Waals surface area contributed by atoms with Gasteiger partial charge in [-0.05, 0) is 11.1 Å². The van der Waals surface area contributed by atoms with Crippen LogP contribution in [0.2, 0.25) is 0 Å². The summed E-state index contributed by atoms with van der Waals surface area (Å²) >= 11 is 0. The smallest absolute Gasteiger partial charge is 0.354 e. The van der Waals surface area contributed by atoms with Crippen LogP contribution in [0.25, 0.3) is 0 Å². The van der Waals surface area contributed by atoms with E-state index in [1.54, 1.807) is 10.9 Å². The van der Waals surface area contributed by atoms with Gasteiger partial charge in [0.15, 0.2) is 5.69 Å². The van der Waals surface area contributed by atoms with E-state index in [1.165, 1.54) is 0 Å². The Labute approximate surface area is 128 Å². The number of carbonyl (C=O) groups is 1. The van der Waals surface area contributed by atoms with Gasteiger partial charge in [0.05, 0.1) is 12.0 Å². The number of rotatable bonds is 5. The molecule has 110 valence electrons. The van der Waals surface area contributed by atoms with Gasteiger partial charge in [-0.2, -0.15) is 0 Å². The summed E-state index contributed by atoms with van der Waals surface area (Å²) in [5, 5.41) is 9.53. The van der Waals surface area contributed by atoms with E-state index in [4.69, 9.17) is 0 Å². The van der Waals surface area contributed by atoms with Crippen molar-refractivity contribution in [2.75, 3.05) is 0 Å². The number of hydrogen-bond donors (Lipinski definition) is 1. The molecule has 4 nitrogen and oxygen atoms in total. The fourth-order valence-corrected chi connectivity index (χ4v) is 2.49. The summed E-state index contributed by atoms with van der Waals surface area (Å²) in [4.78, 5) is 15.9. The van der Waals surface area contributed by atoms with Crippen LogP contribution in [-0.4, -0.2) is 20.6 Å². The van der Waals surface area contributed by atoms with Crippen molar-refractivity contribution in [2.45, 2.75) is 13.0 Å². The van der Waals surface area contributed by atoms with Crippen LogP contribution in [0, 0.1) is 0 Å². The zero-order valence-corrected chi connectivity index (χ0v) is 12.0. The molecule has 3 rings (SSSR count). The molecule has 4 heteroatoms. The predicted molar refractivity (Wildman–Crippen MR) is 84.0 cm³/mol. The molecule has 1 aromatic heterocycles. The molecule has 0 atom stereocenters. The summed E-state index contributed by atoms with van der Waals surface area (Å²) in [5.41, 5.74) is 2.95. The lowest BCUT2D eigenvalue weighted by Crippen LogP contribution is -2.11. The van der Waals surface area contributed by atoms with Gasteiger partial charge in [-0.25, -0.2) is 9.78 Å². The highest BCUT2D eigenvalue weighted by Gasteiger charge is 2.18. The van der Waals surface area contributed by atoms with Crippen molar-refractivity contribution in [1.82, 2.24) is 9.55 Å². The van der Waals surface area contributed by atoms with Gasteiger partial charge in [-0.15, -0.1) is 0 Å². The summed E-state index contributed by atoms with van der Waals surface area (Å²) < 4.78 is 1.69. The normalized spacial score (nSPS) is 10.5. The summed E-state index contributed by atoms with van der Waals surface area (Å²) in [6, 6.07) is 19.5. The Morgan fingerprint density at radius 3 is 2.14 bits per heavy atom. The van der Waals surface area contributed by atoms with Crippen LogP contribution in [0.5, 0.6) is 0 Å². The Kier molecular flexibility index (Phi) is 4.01. The number of carboxylic acid groups (broad SMARTS) is 1. The average Bonchev–Trinajstić information content (AvgIpc) is 2.92. The Morgan fingerprint density at radius 2 is 1.55 bits per heavy atom. The van der Waals surface area contributed by atoms with E-state index in [0.29, 0.717) is 18.7 Å². The van der Waals surface area contributed by atoms with Crippen LogP contribution in [0.15, 0.2) is 67.0 Å². The third-order valence-electron chi connectivity index (χ3n) is 3.53. The van der Waals surface area contributed by atoms with Gasteiger partial charge in [0, 0.05) is 13.0 Å². The number of aromatic carboxylic acids is 1. The van der Waals surface area contributed by atoms with E-state index >= 15 is 0 Å². The van der Waals surface area contributed by atoms with E-state index in [0.717, 1.165) is 11.1 Å². The third-order valence-corrected chi connectivity index (χ3v) is 3.53. The zero-order valence-electron chi connectivity index (χ0n) is 12.0. The highest BCUT2D eigenvalue weighted by Crippen LogP contribution is 2.15. The maximum atomic E-state index is 11.6. The number of aromatic nitrogens is 2. The lowest BCUT2D eigenvalue weighted by Gasteiger charge is -2.07. The molecule has 2 aromatic carbocycles. The van der Waals surface area contributed by atoms with Crippen molar-refractivity contribution in [1.29, 1.82) is 0 Å². The molecule has 0 bridgehead atoms. The number of hydrogen-bond acceptors (Lipinski definition) is 2. The molecule has 0 saturated heterocycles. The van der Waals surface area contributed by atoms with Crippen LogP contribution >= 0.6 is 0 Å². The van der Waals surface area contributed by atoms with Crippen molar-refractivity contribution in [3.63, 3.8) is 0 Å². The second kappa shape index (κ2) is 6.26. The molecule has 3 aromatic rings. The molecule has 22 heavy (non-hydrogen) atoms. The highest BCUT2D eigenvalue weighted by atomic mass is 16.4. The summed E-state index contributed by atoms with van der Waals surface area (Å²) in [5.74, 6) is -0.945. The molecule has 0 spiro atoms. The average molecular weight is 292 g/mol. The molecular weight excluding hydrogens is 276 g/mol. The van der Waals surface area contributed by atoms with Gasteiger partial charge in [-0.1, -0.05) is 60.7 Å². The van der Waals surface area contributed by atoms with E-state index in [9.17, 15) is 9.90 Å². The van der Waals surface area contributed by atoms with E-state index in [2.05, 4.69) is 4.98 Å². The van der Waals surface area contributed by atoms with E-state index < -0.39 is 5.97 Å². The lowest BCUT2D eigenvalue weighted by molar-refractivity contribution is 0.0684. The second-order valence-electron chi connectivity index (χ2n) is 5.12. The molecule has 0 amide bonds.